The fourth-order valence-corrected chi connectivity index (χ4v) is 4.50. The van der Waals surface area contributed by atoms with Crippen molar-refractivity contribution in [3.8, 4) is 0 Å². The van der Waals surface area contributed by atoms with Gasteiger partial charge in [-0.1, -0.05) is 48.5 Å². The summed E-state index contributed by atoms with van der Waals surface area (Å²) in [6.45, 7) is 7.24. The van der Waals surface area contributed by atoms with E-state index in [1.165, 1.54) is 16.3 Å². The van der Waals surface area contributed by atoms with Crippen molar-refractivity contribution in [3.63, 3.8) is 0 Å². The van der Waals surface area contributed by atoms with E-state index in [0.29, 0.717) is 37.3 Å². The number of benzene rings is 3. The fraction of sp³-hybridized carbons (Fsp3) is 0.276. The van der Waals surface area contributed by atoms with E-state index < -0.39 is 5.60 Å². The van der Waals surface area contributed by atoms with E-state index in [2.05, 4.69) is 34.7 Å². The minimum atomic E-state index is -0.526. The lowest BCUT2D eigenvalue weighted by Crippen LogP contribution is -2.39. The van der Waals surface area contributed by atoms with E-state index in [1.807, 2.05) is 62.0 Å². The number of nitrogens with zero attached hydrogens (tertiary/aromatic N) is 3. The Kier molecular flexibility index (Phi) is 6.22. The second-order valence-corrected chi connectivity index (χ2v) is 10.2. The molecule has 0 aliphatic carbocycles. The number of hydrogen-bond donors (Lipinski definition) is 1. The third-order valence-corrected chi connectivity index (χ3v) is 6.24. The highest BCUT2D eigenvalue weighted by atomic mass is 16.6. The van der Waals surface area contributed by atoms with Crippen LogP contribution in [-0.4, -0.2) is 38.8 Å². The van der Waals surface area contributed by atoms with E-state index in [1.54, 1.807) is 17.2 Å². The minimum absolute atomic E-state index is 0.183. The number of aromatic nitrogens is 2. The summed E-state index contributed by atoms with van der Waals surface area (Å²) in [7, 11) is 0. The van der Waals surface area contributed by atoms with Crippen LogP contribution in [0.5, 0.6) is 0 Å². The molecule has 1 aliphatic rings. The molecule has 1 N–H and O–H groups in total. The van der Waals surface area contributed by atoms with Crippen LogP contribution in [0.15, 0.2) is 73.1 Å². The number of amides is 2. The standard InChI is InChI=1S/C29H30N4O3/c1-29(2,3)36-28(35)32-14-13-21-15-22(11-12-23(21)17-32)27(34)31-25-16-30-33(19-25)18-24-9-6-8-20-7-4-5-10-26(20)24/h4-12,15-16,19H,13-14,17-18H2,1-3H3,(H,31,34). The van der Waals surface area contributed by atoms with Crippen molar-refractivity contribution in [2.24, 2.45) is 0 Å². The highest BCUT2D eigenvalue weighted by molar-refractivity contribution is 6.04. The maximum atomic E-state index is 12.9. The van der Waals surface area contributed by atoms with Gasteiger partial charge in [0, 0.05) is 24.8 Å². The van der Waals surface area contributed by atoms with Gasteiger partial charge in [0.05, 0.1) is 18.4 Å². The summed E-state index contributed by atoms with van der Waals surface area (Å²) in [5.41, 5.74) is 3.99. The van der Waals surface area contributed by atoms with Crippen LogP contribution in [0.1, 0.15) is 47.8 Å². The Hall–Kier alpha value is -4.13. The van der Waals surface area contributed by atoms with Gasteiger partial charge in [-0.05, 0) is 66.8 Å². The number of rotatable bonds is 4. The van der Waals surface area contributed by atoms with Crippen molar-refractivity contribution in [1.29, 1.82) is 0 Å². The predicted molar refractivity (Wildman–Crippen MR) is 140 cm³/mol. The Morgan fingerprint density at radius 1 is 1.03 bits per heavy atom. The van der Waals surface area contributed by atoms with Crippen molar-refractivity contribution in [1.82, 2.24) is 14.7 Å². The highest BCUT2D eigenvalue weighted by Gasteiger charge is 2.26. The van der Waals surface area contributed by atoms with Gasteiger partial charge in [-0.2, -0.15) is 5.10 Å². The lowest BCUT2D eigenvalue weighted by molar-refractivity contribution is 0.0224. The van der Waals surface area contributed by atoms with Crippen molar-refractivity contribution in [2.45, 2.75) is 45.9 Å². The summed E-state index contributed by atoms with van der Waals surface area (Å²) in [4.78, 5) is 27.1. The zero-order valence-electron chi connectivity index (χ0n) is 20.8. The van der Waals surface area contributed by atoms with Crippen LogP contribution >= 0.6 is 0 Å². The first-order chi connectivity index (χ1) is 17.2. The molecule has 36 heavy (non-hydrogen) atoms. The molecule has 2 heterocycles. The van der Waals surface area contributed by atoms with Gasteiger partial charge in [-0.15, -0.1) is 0 Å². The minimum Gasteiger partial charge on any atom is -0.444 e. The summed E-state index contributed by atoms with van der Waals surface area (Å²) < 4.78 is 7.32. The molecule has 184 valence electrons. The van der Waals surface area contributed by atoms with Crippen molar-refractivity contribution in [2.75, 3.05) is 11.9 Å². The van der Waals surface area contributed by atoms with Crippen LogP contribution < -0.4 is 5.32 Å². The highest BCUT2D eigenvalue weighted by Crippen LogP contribution is 2.23. The molecule has 0 fully saturated rings. The smallest absolute Gasteiger partial charge is 0.410 e. The maximum absolute atomic E-state index is 12.9. The summed E-state index contributed by atoms with van der Waals surface area (Å²) >= 11 is 0. The SMILES string of the molecule is CC(C)(C)OC(=O)N1CCc2cc(C(=O)Nc3cnn(Cc4cccc5ccccc45)c3)ccc2C1. The van der Waals surface area contributed by atoms with E-state index in [4.69, 9.17) is 4.74 Å². The molecule has 0 unspecified atom stereocenters. The van der Waals surface area contributed by atoms with Crippen LogP contribution in [0.2, 0.25) is 0 Å². The molecule has 3 aromatic carbocycles. The normalized spacial score (nSPS) is 13.4. The first-order valence-corrected chi connectivity index (χ1v) is 12.2. The molecule has 2 amide bonds. The number of anilines is 1. The Balaban J connectivity index is 1.24. The predicted octanol–water partition coefficient (Wildman–Crippen LogP) is 5.63. The van der Waals surface area contributed by atoms with Gasteiger partial charge in [0.1, 0.15) is 5.60 Å². The van der Waals surface area contributed by atoms with Gasteiger partial charge in [0.15, 0.2) is 0 Å². The fourth-order valence-electron chi connectivity index (χ4n) is 4.50. The molecule has 0 saturated heterocycles. The van der Waals surface area contributed by atoms with Crippen LogP contribution in [0, 0.1) is 0 Å². The molecule has 4 aromatic rings. The Morgan fingerprint density at radius 2 is 1.83 bits per heavy atom. The summed E-state index contributed by atoms with van der Waals surface area (Å²) in [6.07, 6.45) is 3.88. The van der Waals surface area contributed by atoms with Crippen LogP contribution in [0.3, 0.4) is 0 Å². The first-order valence-electron chi connectivity index (χ1n) is 12.2. The van der Waals surface area contributed by atoms with Gasteiger partial charge in [0.25, 0.3) is 5.91 Å². The molecule has 7 nitrogen and oxygen atoms in total. The van der Waals surface area contributed by atoms with Crippen molar-refractivity contribution in [3.05, 3.63) is 95.3 Å². The molecule has 1 aromatic heterocycles. The maximum Gasteiger partial charge on any atom is 0.410 e. The molecular formula is C29H30N4O3. The summed E-state index contributed by atoms with van der Waals surface area (Å²) in [5, 5.41) is 9.78. The third kappa shape index (κ3) is 5.25. The largest absolute Gasteiger partial charge is 0.444 e. The number of carbonyl (C=O) groups is 2. The molecule has 0 saturated carbocycles. The number of nitrogens with one attached hydrogen (secondary N) is 1. The van der Waals surface area contributed by atoms with Crippen molar-refractivity contribution < 1.29 is 14.3 Å². The van der Waals surface area contributed by atoms with Crippen LogP contribution in [0.25, 0.3) is 10.8 Å². The Labute approximate surface area is 210 Å². The zero-order valence-corrected chi connectivity index (χ0v) is 20.8. The van der Waals surface area contributed by atoms with Gasteiger partial charge >= 0.3 is 6.09 Å². The average molecular weight is 483 g/mol. The van der Waals surface area contributed by atoms with Crippen LogP contribution in [0.4, 0.5) is 10.5 Å². The van der Waals surface area contributed by atoms with Gasteiger partial charge in [-0.3, -0.25) is 9.48 Å². The van der Waals surface area contributed by atoms with E-state index in [0.717, 1.165) is 11.1 Å². The second-order valence-electron chi connectivity index (χ2n) is 10.2. The number of hydrogen-bond acceptors (Lipinski definition) is 4. The quantitative estimate of drug-likeness (QED) is 0.409. The summed E-state index contributed by atoms with van der Waals surface area (Å²) in [6, 6.07) is 20.2. The Bertz CT molecular complexity index is 1430. The zero-order chi connectivity index (χ0) is 25.3. The molecule has 5 rings (SSSR count). The molecule has 0 atom stereocenters. The number of ether oxygens (including phenoxy) is 1. The lowest BCUT2D eigenvalue weighted by atomic mass is 9.97. The Morgan fingerprint density at radius 3 is 2.67 bits per heavy atom. The molecule has 7 heteroatoms. The lowest BCUT2D eigenvalue weighted by Gasteiger charge is -2.31. The summed E-state index contributed by atoms with van der Waals surface area (Å²) in [5.74, 6) is -0.183. The molecule has 1 aliphatic heterocycles. The third-order valence-electron chi connectivity index (χ3n) is 6.24. The van der Waals surface area contributed by atoms with Crippen LogP contribution in [-0.2, 0) is 24.2 Å². The van der Waals surface area contributed by atoms with E-state index in [-0.39, 0.29) is 12.0 Å². The number of carbonyl (C=O) groups excluding carboxylic acids is 2. The second kappa shape index (κ2) is 9.49. The molecular weight excluding hydrogens is 452 g/mol. The monoisotopic (exact) mass is 482 g/mol. The average Bonchev–Trinajstić information content (AvgIpc) is 3.29. The number of fused-ring (bicyclic) bond motifs is 2. The van der Waals surface area contributed by atoms with Gasteiger partial charge in [0.2, 0.25) is 0 Å². The molecule has 0 spiro atoms. The molecule has 0 bridgehead atoms. The van der Waals surface area contributed by atoms with Gasteiger partial charge < -0.3 is 15.0 Å². The first kappa shape index (κ1) is 23.6. The van der Waals surface area contributed by atoms with E-state index in [9.17, 15) is 9.59 Å². The van der Waals surface area contributed by atoms with Gasteiger partial charge in [-0.25, -0.2) is 4.79 Å². The topological polar surface area (TPSA) is 76.5 Å². The molecule has 0 radical (unpaired) electrons. The van der Waals surface area contributed by atoms with Crippen molar-refractivity contribution >= 4 is 28.5 Å². The van der Waals surface area contributed by atoms with E-state index >= 15 is 0 Å².